The predicted molar refractivity (Wildman–Crippen MR) is 61.6 cm³/mol. The van der Waals surface area contributed by atoms with Crippen molar-refractivity contribution in [2.24, 2.45) is 7.05 Å². The van der Waals surface area contributed by atoms with E-state index in [1.54, 1.807) is 19.4 Å². The van der Waals surface area contributed by atoms with E-state index >= 15 is 0 Å². The van der Waals surface area contributed by atoms with Crippen molar-refractivity contribution in [2.45, 2.75) is 6.42 Å². The molecule has 2 heterocycles. The van der Waals surface area contributed by atoms with Crippen LogP contribution in [0.1, 0.15) is 21.7 Å². The number of nitrogens with two attached hydrogens (primary N) is 1. The molecule has 0 fully saturated rings. The fourth-order valence-corrected chi connectivity index (χ4v) is 1.67. The maximum atomic E-state index is 11.0. The van der Waals surface area contributed by atoms with Gasteiger partial charge in [-0.2, -0.15) is 5.10 Å². The highest BCUT2D eigenvalue weighted by molar-refractivity contribution is 5.92. The molecule has 6 nitrogen and oxygen atoms in total. The van der Waals surface area contributed by atoms with Crippen LogP contribution >= 0.6 is 0 Å². The number of hydrogen-bond donors (Lipinski definition) is 2. The number of aromatic carboxylic acids is 1. The molecule has 0 atom stereocenters. The molecule has 17 heavy (non-hydrogen) atoms. The van der Waals surface area contributed by atoms with E-state index in [2.05, 4.69) is 10.1 Å². The quantitative estimate of drug-likeness (QED) is 0.811. The van der Waals surface area contributed by atoms with E-state index in [9.17, 15) is 4.79 Å². The smallest absolute Gasteiger partial charge is 0.356 e. The van der Waals surface area contributed by atoms with Crippen molar-refractivity contribution in [1.82, 2.24) is 14.8 Å². The summed E-state index contributed by atoms with van der Waals surface area (Å²) in [5, 5.41) is 13.1. The molecule has 0 unspecified atom stereocenters. The lowest BCUT2D eigenvalue weighted by atomic mass is 10.1. The van der Waals surface area contributed by atoms with E-state index < -0.39 is 5.97 Å². The van der Waals surface area contributed by atoms with E-state index in [4.69, 9.17) is 10.8 Å². The van der Waals surface area contributed by atoms with Crippen molar-refractivity contribution in [1.29, 1.82) is 0 Å². The molecule has 0 radical (unpaired) electrons. The number of carboxylic acids is 1. The largest absolute Gasteiger partial charge is 0.476 e. The van der Waals surface area contributed by atoms with Crippen LogP contribution in [0, 0.1) is 0 Å². The third kappa shape index (κ3) is 2.10. The highest BCUT2D eigenvalue weighted by atomic mass is 16.4. The van der Waals surface area contributed by atoms with Crippen molar-refractivity contribution in [3.63, 3.8) is 0 Å². The summed E-state index contributed by atoms with van der Waals surface area (Å²) in [6, 6.07) is 3.68. The van der Waals surface area contributed by atoms with Crippen molar-refractivity contribution < 1.29 is 9.90 Å². The number of nitrogens with zero attached hydrogens (tertiary/aromatic N) is 3. The van der Waals surface area contributed by atoms with E-state index in [-0.39, 0.29) is 11.4 Å². The summed E-state index contributed by atoms with van der Waals surface area (Å²) in [6.45, 7) is 0. The minimum Gasteiger partial charge on any atom is -0.476 e. The van der Waals surface area contributed by atoms with Gasteiger partial charge in [0.15, 0.2) is 5.69 Å². The van der Waals surface area contributed by atoms with Gasteiger partial charge in [-0.1, -0.05) is 0 Å². The molecular formula is C11H12N4O2. The number of carbonyl (C=O) groups is 1. The van der Waals surface area contributed by atoms with Gasteiger partial charge in [-0.25, -0.2) is 4.79 Å². The number of aromatic nitrogens is 3. The van der Waals surface area contributed by atoms with Crippen LogP contribution < -0.4 is 5.73 Å². The number of hydrogen-bond acceptors (Lipinski definition) is 4. The Balaban J connectivity index is 2.35. The van der Waals surface area contributed by atoms with Crippen LogP contribution in [0.5, 0.6) is 0 Å². The minimum atomic E-state index is -1.07. The zero-order chi connectivity index (χ0) is 12.4. The molecular weight excluding hydrogens is 220 g/mol. The zero-order valence-electron chi connectivity index (χ0n) is 9.29. The van der Waals surface area contributed by atoms with Crippen molar-refractivity contribution >= 4 is 11.7 Å². The molecule has 0 bridgehead atoms. The van der Waals surface area contributed by atoms with Crippen LogP contribution in [0.25, 0.3) is 0 Å². The first-order valence-electron chi connectivity index (χ1n) is 5.03. The number of nitrogen functional groups attached to an aromatic ring is 1. The Hall–Kier alpha value is -2.37. The highest BCUT2D eigenvalue weighted by Crippen LogP contribution is 2.19. The summed E-state index contributed by atoms with van der Waals surface area (Å²) in [4.78, 5) is 14.9. The van der Waals surface area contributed by atoms with Gasteiger partial charge >= 0.3 is 5.97 Å². The number of pyridine rings is 1. The average molecular weight is 232 g/mol. The Labute approximate surface area is 97.7 Å². The fourth-order valence-electron chi connectivity index (χ4n) is 1.67. The first kappa shape index (κ1) is 11.1. The SMILES string of the molecule is Cn1nc(Cc2ccncc2)c(N)c1C(=O)O. The van der Waals surface area contributed by atoms with Crippen LogP contribution in [0.4, 0.5) is 5.69 Å². The lowest BCUT2D eigenvalue weighted by molar-refractivity contribution is 0.0686. The second-order valence-electron chi connectivity index (χ2n) is 3.67. The molecule has 0 aliphatic carbocycles. The summed E-state index contributed by atoms with van der Waals surface area (Å²) in [6.07, 6.45) is 3.84. The Bertz CT molecular complexity index is 548. The Kier molecular flexibility index (Phi) is 2.78. The highest BCUT2D eigenvalue weighted by Gasteiger charge is 2.18. The molecule has 0 aliphatic heterocycles. The second kappa shape index (κ2) is 4.25. The van der Waals surface area contributed by atoms with Gasteiger partial charge in [0.25, 0.3) is 0 Å². The van der Waals surface area contributed by atoms with Gasteiger partial charge in [0.2, 0.25) is 0 Å². The molecule has 88 valence electrons. The van der Waals surface area contributed by atoms with E-state index in [0.29, 0.717) is 12.1 Å². The van der Waals surface area contributed by atoms with Gasteiger partial charge < -0.3 is 10.8 Å². The molecule has 3 N–H and O–H groups in total. The van der Waals surface area contributed by atoms with Crippen LogP contribution in [0.2, 0.25) is 0 Å². The monoisotopic (exact) mass is 232 g/mol. The van der Waals surface area contributed by atoms with Crippen LogP contribution in [-0.2, 0) is 13.5 Å². The summed E-state index contributed by atoms with van der Waals surface area (Å²) < 4.78 is 1.29. The molecule has 2 aromatic rings. The zero-order valence-corrected chi connectivity index (χ0v) is 9.29. The fraction of sp³-hybridized carbons (Fsp3) is 0.182. The van der Waals surface area contributed by atoms with Gasteiger partial charge in [0, 0.05) is 25.9 Å². The van der Waals surface area contributed by atoms with Crippen LogP contribution in [0.15, 0.2) is 24.5 Å². The van der Waals surface area contributed by atoms with Gasteiger partial charge in [-0.05, 0) is 17.7 Å². The van der Waals surface area contributed by atoms with Crippen LogP contribution in [0.3, 0.4) is 0 Å². The number of aryl methyl sites for hydroxylation is 1. The van der Waals surface area contributed by atoms with Crippen LogP contribution in [-0.4, -0.2) is 25.8 Å². The van der Waals surface area contributed by atoms with Crippen molar-refractivity contribution in [3.8, 4) is 0 Å². The molecule has 0 spiro atoms. The third-order valence-corrected chi connectivity index (χ3v) is 2.48. The third-order valence-electron chi connectivity index (χ3n) is 2.48. The molecule has 2 rings (SSSR count). The molecule has 0 saturated heterocycles. The van der Waals surface area contributed by atoms with Gasteiger partial charge in [-0.15, -0.1) is 0 Å². The Morgan fingerprint density at radius 3 is 2.65 bits per heavy atom. The van der Waals surface area contributed by atoms with E-state index in [0.717, 1.165) is 5.56 Å². The van der Waals surface area contributed by atoms with Crippen molar-refractivity contribution in [3.05, 3.63) is 41.5 Å². The molecule has 0 amide bonds. The first-order valence-corrected chi connectivity index (χ1v) is 5.03. The lowest BCUT2D eigenvalue weighted by Gasteiger charge is -1.98. The summed E-state index contributed by atoms with van der Waals surface area (Å²) >= 11 is 0. The Morgan fingerprint density at radius 2 is 2.12 bits per heavy atom. The maximum absolute atomic E-state index is 11.0. The number of rotatable bonds is 3. The molecule has 0 aliphatic rings. The van der Waals surface area contributed by atoms with E-state index in [1.165, 1.54) is 4.68 Å². The minimum absolute atomic E-state index is 0.0223. The number of carboxylic acid groups (broad SMARTS) is 1. The molecule has 2 aromatic heterocycles. The van der Waals surface area contributed by atoms with Gasteiger partial charge in [-0.3, -0.25) is 9.67 Å². The summed E-state index contributed by atoms with van der Waals surface area (Å²) in [5.41, 5.74) is 7.57. The topological polar surface area (TPSA) is 94.0 Å². The molecule has 6 heteroatoms. The standard InChI is InChI=1S/C11H12N4O2/c1-15-10(11(16)17)9(12)8(14-15)6-7-2-4-13-5-3-7/h2-5H,6,12H2,1H3,(H,16,17). The lowest BCUT2D eigenvalue weighted by Crippen LogP contribution is -2.07. The van der Waals surface area contributed by atoms with Gasteiger partial charge in [0.05, 0.1) is 11.4 Å². The Morgan fingerprint density at radius 1 is 1.47 bits per heavy atom. The summed E-state index contributed by atoms with van der Waals surface area (Å²) in [7, 11) is 1.57. The van der Waals surface area contributed by atoms with E-state index in [1.807, 2.05) is 12.1 Å². The van der Waals surface area contributed by atoms with Gasteiger partial charge in [0.1, 0.15) is 0 Å². The molecule has 0 aromatic carbocycles. The average Bonchev–Trinajstić information content (AvgIpc) is 2.55. The number of anilines is 1. The predicted octanol–water partition coefficient (Wildman–Crippen LogP) is 0.686. The maximum Gasteiger partial charge on any atom is 0.356 e. The first-order chi connectivity index (χ1) is 8.09. The molecule has 0 saturated carbocycles. The van der Waals surface area contributed by atoms with Crippen molar-refractivity contribution in [2.75, 3.05) is 5.73 Å². The normalized spacial score (nSPS) is 10.4. The summed E-state index contributed by atoms with van der Waals surface area (Å²) in [5.74, 6) is -1.07. The second-order valence-corrected chi connectivity index (χ2v) is 3.67.